The van der Waals surface area contributed by atoms with Gasteiger partial charge >= 0.3 is 0 Å². The maximum Gasteiger partial charge on any atom is 0.219 e. The van der Waals surface area contributed by atoms with Gasteiger partial charge in [-0.1, -0.05) is 0 Å². The number of hydrogen-bond acceptors (Lipinski definition) is 3. The van der Waals surface area contributed by atoms with Crippen LogP contribution in [0.3, 0.4) is 0 Å². The summed E-state index contributed by atoms with van der Waals surface area (Å²) < 4.78 is 18.8. The average Bonchev–Trinajstić information content (AvgIpc) is 2.27. The molecule has 0 spiro atoms. The van der Waals surface area contributed by atoms with E-state index in [1.54, 1.807) is 18.2 Å². The lowest BCUT2D eigenvalue weighted by Crippen LogP contribution is -1.91. The molecule has 0 fully saturated rings. The van der Waals surface area contributed by atoms with E-state index < -0.39 is 5.82 Å². The van der Waals surface area contributed by atoms with Crippen molar-refractivity contribution in [2.75, 3.05) is 5.73 Å². The fourth-order valence-corrected chi connectivity index (χ4v) is 1.46. The van der Waals surface area contributed by atoms with E-state index >= 15 is 0 Å². The Hall–Kier alpha value is -1.62. The zero-order valence-electron chi connectivity index (χ0n) is 8.15. The van der Waals surface area contributed by atoms with Crippen LogP contribution in [0.15, 0.2) is 41.0 Å². The Balaban J connectivity index is 2.26. The average molecular weight is 283 g/mol. The van der Waals surface area contributed by atoms with Crippen molar-refractivity contribution in [2.45, 2.75) is 0 Å². The molecule has 0 saturated carbocycles. The van der Waals surface area contributed by atoms with E-state index in [2.05, 4.69) is 20.9 Å². The van der Waals surface area contributed by atoms with E-state index in [4.69, 9.17) is 10.5 Å². The van der Waals surface area contributed by atoms with Gasteiger partial charge < -0.3 is 10.5 Å². The molecule has 82 valence electrons. The highest BCUT2D eigenvalue weighted by atomic mass is 79.9. The molecule has 2 N–H and O–H groups in total. The molecule has 0 radical (unpaired) electrons. The number of nitrogens with two attached hydrogens (primary N) is 1. The van der Waals surface area contributed by atoms with Gasteiger partial charge in [0.05, 0.1) is 10.7 Å². The number of nitrogens with zero attached hydrogens (tertiary/aromatic N) is 1. The maximum absolute atomic E-state index is 12.6. The van der Waals surface area contributed by atoms with E-state index in [-0.39, 0.29) is 0 Å². The standard InChI is InChI=1S/C11H8BrFN2O/c12-9-3-2-8(14)5-10(9)16-11-4-1-7(13)6-15-11/h1-6H,14H2. The molecule has 0 amide bonds. The van der Waals surface area contributed by atoms with E-state index in [9.17, 15) is 4.39 Å². The smallest absolute Gasteiger partial charge is 0.219 e. The lowest BCUT2D eigenvalue weighted by atomic mass is 10.3. The third kappa shape index (κ3) is 2.49. The van der Waals surface area contributed by atoms with Crippen LogP contribution in [-0.4, -0.2) is 4.98 Å². The highest BCUT2D eigenvalue weighted by molar-refractivity contribution is 9.10. The second-order valence-electron chi connectivity index (χ2n) is 3.11. The summed E-state index contributed by atoms with van der Waals surface area (Å²) in [5.41, 5.74) is 6.21. The van der Waals surface area contributed by atoms with Crippen LogP contribution in [0.1, 0.15) is 0 Å². The van der Waals surface area contributed by atoms with Crippen LogP contribution in [0.25, 0.3) is 0 Å². The fraction of sp³-hybridized carbons (Fsp3) is 0. The van der Waals surface area contributed by atoms with Crippen LogP contribution in [0, 0.1) is 5.82 Å². The summed E-state index contributed by atoms with van der Waals surface area (Å²) >= 11 is 3.32. The summed E-state index contributed by atoms with van der Waals surface area (Å²) in [6.07, 6.45) is 1.09. The van der Waals surface area contributed by atoms with Crippen LogP contribution < -0.4 is 10.5 Å². The molecular weight excluding hydrogens is 275 g/mol. The second-order valence-corrected chi connectivity index (χ2v) is 3.96. The van der Waals surface area contributed by atoms with Crippen LogP contribution >= 0.6 is 15.9 Å². The van der Waals surface area contributed by atoms with Crippen molar-refractivity contribution >= 4 is 21.6 Å². The predicted molar refractivity (Wildman–Crippen MR) is 62.8 cm³/mol. The first-order valence-corrected chi connectivity index (χ1v) is 5.29. The molecule has 5 heteroatoms. The van der Waals surface area contributed by atoms with Gasteiger partial charge in [0.15, 0.2) is 0 Å². The second kappa shape index (κ2) is 4.49. The molecule has 0 unspecified atom stereocenters. The Bertz CT molecular complexity index is 502. The van der Waals surface area contributed by atoms with Gasteiger partial charge in [0.1, 0.15) is 11.6 Å². The Kier molecular flexibility index (Phi) is 3.05. The van der Waals surface area contributed by atoms with Crippen molar-refractivity contribution < 1.29 is 9.13 Å². The molecular formula is C11H8BrFN2O. The highest BCUT2D eigenvalue weighted by Gasteiger charge is 2.04. The Morgan fingerprint density at radius 2 is 2.06 bits per heavy atom. The molecule has 2 rings (SSSR count). The Morgan fingerprint density at radius 3 is 2.75 bits per heavy atom. The van der Waals surface area contributed by atoms with Gasteiger partial charge in [0.25, 0.3) is 0 Å². The largest absolute Gasteiger partial charge is 0.438 e. The van der Waals surface area contributed by atoms with E-state index in [0.29, 0.717) is 17.3 Å². The molecule has 1 heterocycles. The number of halogens is 2. The van der Waals surface area contributed by atoms with Gasteiger partial charge in [0.2, 0.25) is 5.88 Å². The SMILES string of the molecule is Nc1ccc(Br)c(Oc2ccc(F)cn2)c1. The predicted octanol–water partition coefficient (Wildman–Crippen LogP) is 3.36. The Labute approximate surface area is 100 Å². The zero-order chi connectivity index (χ0) is 11.5. The molecule has 0 aliphatic carbocycles. The van der Waals surface area contributed by atoms with Crippen LogP contribution in [0.5, 0.6) is 11.6 Å². The third-order valence-electron chi connectivity index (χ3n) is 1.87. The number of nitrogen functional groups attached to an aromatic ring is 1. The van der Waals surface area contributed by atoms with Crippen LogP contribution in [0.2, 0.25) is 0 Å². The number of ether oxygens (including phenoxy) is 1. The maximum atomic E-state index is 12.6. The molecule has 0 bridgehead atoms. The van der Waals surface area contributed by atoms with Crippen molar-refractivity contribution in [3.8, 4) is 11.6 Å². The third-order valence-corrected chi connectivity index (χ3v) is 2.53. The molecule has 2 aromatic rings. The lowest BCUT2D eigenvalue weighted by Gasteiger charge is -2.07. The quantitative estimate of drug-likeness (QED) is 0.860. The normalized spacial score (nSPS) is 10.1. The van der Waals surface area contributed by atoms with Crippen molar-refractivity contribution in [2.24, 2.45) is 0 Å². The fourth-order valence-electron chi connectivity index (χ4n) is 1.13. The van der Waals surface area contributed by atoms with Gasteiger partial charge in [-0.15, -0.1) is 0 Å². The number of rotatable bonds is 2. The van der Waals surface area contributed by atoms with Crippen LogP contribution in [0.4, 0.5) is 10.1 Å². The molecule has 0 atom stereocenters. The molecule has 1 aromatic carbocycles. The van der Waals surface area contributed by atoms with Gasteiger partial charge in [-0.3, -0.25) is 0 Å². The van der Waals surface area contributed by atoms with Crippen LogP contribution in [-0.2, 0) is 0 Å². The number of anilines is 1. The summed E-state index contributed by atoms with van der Waals surface area (Å²) in [5, 5.41) is 0. The van der Waals surface area contributed by atoms with Crippen molar-refractivity contribution in [1.82, 2.24) is 4.98 Å². The summed E-state index contributed by atoms with van der Waals surface area (Å²) in [7, 11) is 0. The van der Waals surface area contributed by atoms with Crippen molar-refractivity contribution in [3.05, 3.63) is 46.8 Å². The first-order valence-electron chi connectivity index (χ1n) is 4.49. The number of benzene rings is 1. The minimum Gasteiger partial charge on any atom is -0.438 e. The number of pyridine rings is 1. The summed E-state index contributed by atoms with van der Waals surface area (Å²) in [6.45, 7) is 0. The summed E-state index contributed by atoms with van der Waals surface area (Å²) in [6, 6.07) is 7.91. The first-order chi connectivity index (χ1) is 7.65. The van der Waals surface area contributed by atoms with Crippen molar-refractivity contribution in [1.29, 1.82) is 0 Å². The molecule has 16 heavy (non-hydrogen) atoms. The summed E-state index contributed by atoms with van der Waals surface area (Å²) in [4.78, 5) is 3.79. The molecule has 0 aliphatic rings. The highest BCUT2D eigenvalue weighted by Crippen LogP contribution is 2.30. The minimum atomic E-state index is -0.404. The molecule has 0 saturated heterocycles. The zero-order valence-corrected chi connectivity index (χ0v) is 9.74. The van der Waals surface area contributed by atoms with E-state index in [1.807, 2.05) is 0 Å². The topological polar surface area (TPSA) is 48.1 Å². The van der Waals surface area contributed by atoms with E-state index in [0.717, 1.165) is 10.7 Å². The minimum absolute atomic E-state index is 0.313. The molecule has 3 nitrogen and oxygen atoms in total. The van der Waals surface area contributed by atoms with Gasteiger partial charge in [-0.2, -0.15) is 0 Å². The number of hydrogen-bond donors (Lipinski definition) is 1. The monoisotopic (exact) mass is 282 g/mol. The lowest BCUT2D eigenvalue weighted by molar-refractivity contribution is 0.457. The van der Waals surface area contributed by atoms with Gasteiger partial charge in [0, 0.05) is 17.8 Å². The first kappa shape index (κ1) is 10.9. The van der Waals surface area contributed by atoms with E-state index in [1.165, 1.54) is 12.1 Å². The van der Waals surface area contributed by atoms with Gasteiger partial charge in [-0.25, -0.2) is 9.37 Å². The molecule has 0 aliphatic heterocycles. The van der Waals surface area contributed by atoms with Crippen molar-refractivity contribution in [3.63, 3.8) is 0 Å². The molecule has 1 aromatic heterocycles. The summed E-state index contributed by atoms with van der Waals surface area (Å²) in [5.74, 6) is 0.450. The van der Waals surface area contributed by atoms with Gasteiger partial charge in [-0.05, 0) is 34.1 Å². The Morgan fingerprint density at radius 1 is 1.25 bits per heavy atom. The number of aromatic nitrogens is 1.